The van der Waals surface area contributed by atoms with Crippen molar-refractivity contribution < 1.29 is 14.3 Å². The molecule has 2 atom stereocenters. The van der Waals surface area contributed by atoms with Gasteiger partial charge in [0, 0.05) is 67.7 Å². The molecule has 44 heavy (non-hydrogen) atoms. The molecular formula is C32H38N8O3S. The minimum absolute atomic E-state index is 0.106. The number of morpholine rings is 1. The third kappa shape index (κ3) is 5.81. The number of piperazine rings is 1. The van der Waals surface area contributed by atoms with Crippen molar-refractivity contribution in [2.24, 2.45) is 5.92 Å². The molecule has 2 saturated heterocycles. The number of hydrogen-bond donors (Lipinski definition) is 2. The Labute approximate surface area is 260 Å². The highest BCUT2D eigenvalue weighted by Gasteiger charge is 2.35. The maximum Gasteiger partial charge on any atom is 0.243 e. The van der Waals surface area contributed by atoms with Crippen molar-refractivity contribution >= 4 is 50.1 Å². The molecule has 0 unspecified atom stereocenters. The van der Waals surface area contributed by atoms with Gasteiger partial charge in [-0.1, -0.05) is 31.6 Å². The van der Waals surface area contributed by atoms with Crippen LogP contribution in [0, 0.1) is 5.92 Å². The maximum absolute atomic E-state index is 13.5. The zero-order chi connectivity index (χ0) is 30.0. The van der Waals surface area contributed by atoms with Crippen LogP contribution in [0.15, 0.2) is 43.1 Å². The van der Waals surface area contributed by atoms with E-state index in [9.17, 15) is 9.59 Å². The van der Waals surface area contributed by atoms with E-state index in [1.165, 1.54) is 11.0 Å². The van der Waals surface area contributed by atoms with Gasteiger partial charge in [0.1, 0.15) is 0 Å². The average Bonchev–Trinajstić information content (AvgIpc) is 3.72. The van der Waals surface area contributed by atoms with Gasteiger partial charge in [0.25, 0.3) is 0 Å². The van der Waals surface area contributed by atoms with Crippen molar-refractivity contribution in [1.29, 1.82) is 0 Å². The minimum Gasteiger partial charge on any atom is -0.378 e. The normalized spacial score (nSPS) is 21.5. The summed E-state index contributed by atoms with van der Waals surface area (Å²) in [6.45, 7) is 10.3. The van der Waals surface area contributed by atoms with E-state index in [0.717, 1.165) is 90.9 Å². The lowest BCUT2D eigenvalue weighted by molar-refractivity contribution is -0.139. The van der Waals surface area contributed by atoms with Crippen LogP contribution in [0.2, 0.25) is 0 Å². The molecule has 0 spiro atoms. The van der Waals surface area contributed by atoms with E-state index in [4.69, 9.17) is 14.7 Å². The molecule has 3 fully saturated rings. The number of nitrogens with zero attached hydrogens (tertiary/aromatic N) is 6. The minimum atomic E-state index is -0.199. The van der Waals surface area contributed by atoms with Crippen LogP contribution in [0.4, 0.5) is 5.82 Å². The van der Waals surface area contributed by atoms with Crippen molar-refractivity contribution in [3.8, 4) is 11.4 Å². The third-order valence-corrected chi connectivity index (χ3v) is 10.2. The molecule has 230 valence electrons. The molecule has 4 aromatic rings. The summed E-state index contributed by atoms with van der Waals surface area (Å²) in [5.74, 6) is 1.49. The quantitative estimate of drug-likeness (QED) is 0.303. The van der Waals surface area contributed by atoms with Crippen LogP contribution in [0.3, 0.4) is 0 Å². The Bertz CT molecular complexity index is 1670. The second-order valence-corrected chi connectivity index (χ2v) is 13.0. The van der Waals surface area contributed by atoms with Gasteiger partial charge in [-0.3, -0.25) is 19.6 Å². The van der Waals surface area contributed by atoms with Gasteiger partial charge in [0.2, 0.25) is 11.8 Å². The summed E-state index contributed by atoms with van der Waals surface area (Å²) in [6.07, 6.45) is 6.85. The van der Waals surface area contributed by atoms with E-state index in [1.807, 2.05) is 23.2 Å². The first-order valence-corrected chi connectivity index (χ1v) is 16.4. The Morgan fingerprint density at radius 1 is 1.09 bits per heavy atom. The Balaban J connectivity index is 1.08. The fourth-order valence-corrected chi connectivity index (χ4v) is 7.89. The number of fused-ring (bicyclic) bond motifs is 2. The average molecular weight is 615 g/mol. The van der Waals surface area contributed by atoms with Gasteiger partial charge in [-0.25, -0.2) is 9.97 Å². The first-order chi connectivity index (χ1) is 21.6. The lowest BCUT2D eigenvalue weighted by Gasteiger charge is -2.39. The molecule has 1 aliphatic carbocycles. The number of anilines is 1. The van der Waals surface area contributed by atoms with Gasteiger partial charge in [-0.05, 0) is 31.1 Å². The van der Waals surface area contributed by atoms with E-state index in [2.05, 4.69) is 44.0 Å². The molecular weight excluding hydrogens is 576 g/mol. The predicted octanol–water partition coefficient (Wildman–Crippen LogP) is 3.58. The van der Waals surface area contributed by atoms with Gasteiger partial charge < -0.3 is 19.9 Å². The Kier molecular flexibility index (Phi) is 8.28. The number of carbonyl (C=O) groups is 2. The van der Waals surface area contributed by atoms with E-state index in [-0.39, 0.29) is 23.8 Å². The molecule has 0 radical (unpaired) electrons. The number of benzene rings is 1. The van der Waals surface area contributed by atoms with Crippen LogP contribution in [0.5, 0.6) is 0 Å². The smallest absolute Gasteiger partial charge is 0.243 e. The van der Waals surface area contributed by atoms with Gasteiger partial charge in [0.15, 0.2) is 11.6 Å². The van der Waals surface area contributed by atoms with E-state index in [1.54, 1.807) is 11.3 Å². The van der Waals surface area contributed by atoms with Crippen LogP contribution in [0.25, 0.3) is 32.5 Å². The fraction of sp³-hybridized carbons (Fsp3) is 0.469. The number of amides is 2. The number of nitrogens with one attached hydrogen (secondary N) is 2. The van der Waals surface area contributed by atoms with Gasteiger partial charge in [-0.15, -0.1) is 11.3 Å². The Hall–Kier alpha value is -3.87. The van der Waals surface area contributed by atoms with Crippen LogP contribution in [0.1, 0.15) is 30.6 Å². The maximum atomic E-state index is 13.5. The lowest BCUT2D eigenvalue weighted by atomic mass is 9.83. The standard InChI is InChI=1S/C32H38N8O3S/c1-2-28(41)34-25-8-4-3-6-23(25)32(42)40-12-10-38(11-13-40)20-21-18-27-29(44-21)31(39-14-16-43-17-15-39)36-30(35-27)22-7-5-9-26-24(22)19-33-37-26/h2,5,7,9,18-19,23,25H,1,3-4,6,8,10-17,20H2,(H,33,37)(H,34,41)/t23-,25+/m1/s1. The molecule has 3 aromatic heterocycles. The fourth-order valence-electron chi connectivity index (χ4n) is 6.74. The molecule has 1 saturated carbocycles. The van der Waals surface area contributed by atoms with Crippen LogP contribution in [-0.4, -0.2) is 100 Å². The van der Waals surface area contributed by atoms with Crippen LogP contribution >= 0.6 is 11.3 Å². The van der Waals surface area contributed by atoms with E-state index >= 15 is 0 Å². The number of ether oxygens (including phenoxy) is 1. The summed E-state index contributed by atoms with van der Waals surface area (Å²) in [7, 11) is 0. The van der Waals surface area contributed by atoms with Crippen molar-refractivity contribution in [3.63, 3.8) is 0 Å². The molecule has 11 nitrogen and oxygen atoms in total. The molecule has 7 rings (SSSR count). The SMILES string of the molecule is C=CC(=O)N[C@H]1CCCC[C@H]1C(=O)N1CCN(Cc2cc3nc(-c4cccc5[nH]ncc45)nc(N4CCOCC4)c3s2)CC1. The predicted molar refractivity (Wildman–Crippen MR) is 171 cm³/mol. The van der Waals surface area contributed by atoms with Gasteiger partial charge >= 0.3 is 0 Å². The van der Waals surface area contributed by atoms with Gasteiger partial charge in [-0.2, -0.15) is 5.10 Å². The Morgan fingerprint density at radius 2 is 1.91 bits per heavy atom. The third-order valence-electron chi connectivity index (χ3n) is 9.10. The number of rotatable bonds is 7. The lowest BCUT2D eigenvalue weighted by Crippen LogP contribution is -2.54. The summed E-state index contributed by atoms with van der Waals surface area (Å²) < 4.78 is 6.74. The van der Waals surface area contributed by atoms with E-state index < -0.39 is 0 Å². The first-order valence-electron chi connectivity index (χ1n) is 15.6. The monoisotopic (exact) mass is 614 g/mol. The van der Waals surface area contributed by atoms with Crippen LogP contribution < -0.4 is 10.2 Å². The molecule has 2 N–H and O–H groups in total. The largest absolute Gasteiger partial charge is 0.378 e. The zero-order valence-corrected chi connectivity index (χ0v) is 25.7. The number of thiophene rings is 1. The Morgan fingerprint density at radius 3 is 2.73 bits per heavy atom. The number of aromatic nitrogens is 4. The van der Waals surface area contributed by atoms with Crippen molar-refractivity contribution in [1.82, 2.24) is 35.3 Å². The highest BCUT2D eigenvalue weighted by Crippen LogP contribution is 2.36. The number of carbonyl (C=O) groups excluding carboxylic acids is 2. The molecule has 2 aliphatic heterocycles. The second kappa shape index (κ2) is 12.6. The highest BCUT2D eigenvalue weighted by atomic mass is 32.1. The summed E-state index contributed by atoms with van der Waals surface area (Å²) in [6, 6.07) is 8.17. The summed E-state index contributed by atoms with van der Waals surface area (Å²) in [5, 5.41) is 11.3. The van der Waals surface area contributed by atoms with E-state index in [0.29, 0.717) is 32.1 Å². The zero-order valence-electron chi connectivity index (χ0n) is 24.8. The molecule has 3 aliphatic rings. The second-order valence-electron chi connectivity index (χ2n) is 11.8. The molecule has 1 aromatic carbocycles. The molecule has 12 heteroatoms. The summed E-state index contributed by atoms with van der Waals surface area (Å²) >= 11 is 1.76. The molecule has 0 bridgehead atoms. The summed E-state index contributed by atoms with van der Waals surface area (Å²) in [5.41, 5.74) is 2.88. The van der Waals surface area contributed by atoms with Crippen molar-refractivity contribution in [3.05, 3.63) is 48.0 Å². The topological polar surface area (TPSA) is 120 Å². The molecule has 5 heterocycles. The first kappa shape index (κ1) is 28.9. The van der Waals surface area contributed by atoms with Crippen molar-refractivity contribution in [2.75, 3.05) is 57.4 Å². The summed E-state index contributed by atoms with van der Waals surface area (Å²) in [4.78, 5) is 43.6. The number of hydrogen-bond acceptors (Lipinski definition) is 9. The number of H-pyrrole nitrogens is 1. The van der Waals surface area contributed by atoms with Gasteiger partial charge in [0.05, 0.1) is 41.1 Å². The van der Waals surface area contributed by atoms with Crippen LogP contribution in [-0.2, 0) is 20.9 Å². The van der Waals surface area contributed by atoms with Crippen molar-refractivity contribution in [2.45, 2.75) is 38.3 Å². The highest BCUT2D eigenvalue weighted by molar-refractivity contribution is 7.19. The number of aromatic amines is 1. The molecule has 2 amide bonds.